The van der Waals surface area contributed by atoms with Crippen molar-refractivity contribution in [2.45, 2.75) is 226 Å². The van der Waals surface area contributed by atoms with Crippen LogP contribution in [0, 0.1) is 23.7 Å². The van der Waals surface area contributed by atoms with Crippen LogP contribution in [0.25, 0.3) is 29.2 Å². The first-order chi connectivity index (χ1) is 46.4. The van der Waals surface area contributed by atoms with Crippen molar-refractivity contribution >= 4 is 69.3 Å². The average molecular weight is 1390 g/mol. The Hall–Kier alpha value is -6.49. The van der Waals surface area contributed by atoms with Gasteiger partial charge in [0.2, 0.25) is 17.7 Å². The molecule has 7 aromatic rings. The zero-order valence-corrected chi connectivity index (χ0v) is 64.7. The Labute approximate surface area is 587 Å². The van der Waals surface area contributed by atoms with Gasteiger partial charge in [0.15, 0.2) is 19.7 Å². The summed E-state index contributed by atoms with van der Waals surface area (Å²) < 4.78 is 59.8. The number of esters is 1. The Morgan fingerprint density at radius 2 is 1.17 bits per heavy atom. The number of cyclic esters (lactones) is 1. The number of ketones is 2. The minimum atomic E-state index is -3.24. The lowest BCUT2D eigenvalue weighted by molar-refractivity contribution is -0.159. The Morgan fingerprint density at radius 3 is 1.71 bits per heavy atom. The highest BCUT2D eigenvalue weighted by Crippen LogP contribution is 2.43. The van der Waals surface area contributed by atoms with Crippen LogP contribution in [0.5, 0.6) is 0 Å². The van der Waals surface area contributed by atoms with E-state index in [-0.39, 0.29) is 82.5 Å². The highest BCUT2D eigenvalue weighted by atomic mass is 28.4. The first kappa shape index (κ1) is 77.3. The summed E-state index contributed by atoms with van der Waals surface area (Å²) in [4.78, 5) is 58.3. The van der Waals surface area contributed by atoms with Gasteiger partial charge in [-0.1, -0.05) is 224 Å². The number of hydrogen-bond donors (Lipinski definition) is 0. The smallest absolute Gasteiger partial charge is 0.308 e. The van der Waals surface area contributed by atoms with Gasteiger partial charge in [-0.3, -0.25) is 14.4 Å². The van der Waals surface area contributed by atoms with Crippen molar-refractivity contribution in [2.75, 3.05) is 20.8 Å². The molecule has 1 aliphatic rings. The summed E-state index contributed by atoms with van der Waals surface area (Å²) in [5, 5.41) is 3.93. The second-order valence-corrected chi connectivity index (χ2v) is 44.3. The van der Waals surface area contributed by atoms with Crippen molar-refractivity contribution in [3.63, 3.8) is 0 Å². The van der Waals surface area contributed by atoms with Crippen molar-refractivity contribution in [1.29, 1.82) is 0 Å². The van der Waals surface area contributed by atoms with Gasteiger partial charge in [0.1, 0.15) is 36.5 Å². The SMILES string of the molecule is CO[C@H]1C/C=C/c2nc(co2)-c2nc(co2)-c2nc(co2)[C@@H](C)CC(=O)CCC[C@H](O[Si](c2ccccc2)(c2ccccc2)C(C)(C)C)CC(=O)O[C@@H](C[C@H](OC)[C@@H](C)CCC(=O)[C@H](C)[C@H](O[Si](C)(C)C(C)(C)C)[C@H](C)CCO[Si](c2ccccc2)(c2ccccc2)C(C)(C)C)[C@@H]1C. The first-order valence-corrected chi connectivity index (χ1v) is 42.2. The van der Waals surface area contributed by atoms with Crippen LogP contribution in [-0.2, 0) is 41.9 Å². The minimum absolute atomic E-state index is 0.00434. The van der Waals surface area contributed by atoms with Gasteiger partial charge in [-0.05, 0) is 99.0 Å². The number of ether oxygens (including phenoxy) is 3. The van der Waals surface area contributed by atoms with E-state index in [2.05, 4.69) is 191 Å². The molecule has 10 atom stereocenters. The summed E-state index contributed by atoms with van der Waals surface area (Å²) in [5.41, 5.74) is 1.38. The van der Waals surface area contributed by atoms with Gasteiger partial charge in [0, 0.05) is 64.3 Å². The fourth-order valence-electron chi connectivity index (χ4n) is 14.0. The molecule has 18 heteroatoms. The highest BCUT2D eigenvalue weighted by molar-refractivity contribution is 7.00. The minimum Gasteiger partial charge on any atom is -0.462 e. The molecule has 0 fully saturated rings. The lowest BCUT2D eigenvalue weighted by atomic mass is 9.84. The maximum Gasteiger partial charge on any atom is 0.308 e. The lowest BCUT2D eigenvalue weighted by Crippen LogP contribution is -2.67. The predicted octanol–water partition coefficient (Wildman–Crippen LogP) is 16.6. The number of methoxy groups -OCH3 is 2. The van der Waals surface area contributed by atoms with E-state index in [1.54, 1.807) is 26.6 Å². The molecule has 15 nitrogen and oxygen atoms in total. The molecule has 0 saturated heterocycles. The largest absolute Gasteiger partial charge is 0.462 e. The summed E-state index contributed by atoms with van der Waals surface area (Å²) in [6, 6.07) is 42.2. The molecule has 0 radical (unpaired) electrons. The van der Waals surface area contributed by atoms with Crippen LogP contribution >= 0.6 is 0 Å². The van der Waals surface area contributed by atoms with Crippen molar-refractivity contribution in [3.8, 4) is 23.2 Å². The van der Waals surface area contributed by atoms with Gasteiger partial charge in [0.05, 0.1) is 36.5 Å². The third-order valence-corrected chi connectivity index (χ3v) is 35.5. The monoisotopic (exact) mass is 1390 g/mol. The summed E-state index contributed by atoms with van der Waals surface area (Å²) in [5.74, 6) is -0.615. The number of carbonyl (C=O) groups is 3. The van der Waals surface area contributed by atoms with Crippen molar-refractivity contribution in [1.82, 2.24) is 15.0 Å². The van der Waals surface area contributed by atoms with Crippen molar-refractivity contribution in [2.24, 2.45) is 23.7 Å². The van der Waals surface area contributed by atoms with E-state index in [4.69, 9.17) is 45.7 Å². The Bertz CT molecular complexity index is 3570. The van der Waals surface area contributed by atoms with Crippen LogP contribution in [0.15, 0.2) is 159 Å². The van der Waals surface area contributed by atoms with E-state index in [1.165, 1.54) is 22.9 Å². The molecule has 3 aromatic heterocycles. The van der Waals surface area contributed by atoms with Crippen LogP contribution in [0.2, 0.25) is 28.2 Å². The first-order valence-electron chi connectivity index (χ1n) is 35.5. The van der Waals surface area contributed by atoms with Crippen LogP contribution in [0.3, 0.4) is 0 Å². The molecule has 8 rings (SSSR count). The number of aromatic nitrogens is 3. The summed E-state index contributed by atoms with van der Waals surface area (Å²) in [7, 11) is -5.10. The molecule has 6 bridgehead atoms. The van der Waals surface area contributed by atoms with Crippen molar-refractivity contribution < 1.29 is 55.1 Å². The quantitative estimate of drug-likeness (QED) is 0.0435. The molecule has 0 amide bonds. The predicted molar refractivity (Wildman–Crippen MR) is 397 cm³/mol. The van der Waals surface area contributed by atoms with Crippen LogP contribution in [0.1, 0.15) is 179 Å². The third kappa shape index (κ3) is 18.7. The molecule has 0 saturated carbocycles. The maximum absolute atomic E-state index is 15.3. The summed E-state index contributed by atoms with van der Waals surface area (Å²) in [6.07, 6.45) is 9.19. The molecule has 1 aliphatic heterocycles. The Balaban J connectivity index is 1.07. The van der Waals surface area contributed by atoms with Gasteiger partial charge in [-0.25, -0.2) is 15.0 Å². The molecular weight excluding hydrogens is 1280 g/mol. The number of hydrogen-bond acceptors (Lipinski definition) is 15. The molecule has 4 heterocycles. The van der Waals surface area contributed by atoms with Gasteiger partial charge in [0.25, 0.3) is 16.6 Å². The number of oxazole rings is 3. The fourth-order valence-corrected chi connectivity index (χ4v) is 24.7. The number of benzene rings is 4. The number of nitrogens with zero attached hydrogens (tertiary/aromatic N) is 3. The van der Waals surface area contributed by atoms with Gasteiger partial charge in [-0.15, -0.1) is 0 Å². The molecule has 98 heavy (non-hydrogen) atoms. The highest BCUT2D eigenvalue weighted by Gasteiger charge is 2.53. The van der Waals surface area contributed by atoms with E-state index < -0.39 is 66.3 Å². The maximum atomic E-state index is 15.3. The third-order valence-electron chi connectivity index (χ3n) is 20.9. The van der Waals surface area contributed by atoms with Gasteiger partial charge >= 0.3 is 5.97 Å². The van der Waals surface area contributed by atoms with Crippen LogP contribution < -0.4 is 20.7 Å². The zero-order valence-electron chi connectivity index (χ0n) is 61.7. The lowest BCUT2D eigenvalue weighted by Gasteiger charge is -2.45. The van der Waals surface area contributed by atoms with E-state index in [0.29, 0.717) is 74.5 Å². The average Bonchev–Trinajstić information content (AvgIpc) is 0.997. The molecule has 0 N–H and O–H groups in total. The molecule has 0 spiro atoms. The van der Waals surface area contributed by atoms with Crippen molar-refractivity contribution in [3.05, 3.63) is 158 Å². The summed E-state index contributed by atoms with van der Waals surface area (Å²) in [6.45, 7) is 35.7. The van der Waals surface area contributed by atoms with Crippen LogP contribution in [0.4, 0.5) is 0 Å². The summed E-state index contributed by atoms with van der Waals surface area (Å²) >= 11 is 0. The molecule has 530 valence electrons. The number of rotatable bonds is 23. The van der Waals surface area contributed by atoms with Gasteiger partial charge in [-0.2, -0.15) is 0 Å². The molecule has 4 aromatic carbocycles. The Kier molecular flexibility index (Phi) is 26.6. The fraction of sp³-hybridized carbons (Fsp3) is 0.525. The second kappa shape index (κ2) is 33.8. The van der Waals surface area contributed by atoms with E-state index >= 15 is 9.59 Å². The Morgan fingerprint density at radius 1 is 0.643 bits per heavy atom. The second-order valence-electron chi connectivity index (χ2n) is 31.0. The topological polar surface area (TPSA) is 185 Å². The van der Waals surface area contributed by atoms with Gasteiger partial charge < -0.3 is 40.7 Å². The van der Waals surface area contributed by atoms with E-state index in [1.807, 2.05) is 56.3 Å². The number of Topliss-reactive ketones (excluding diaryl/α,β-unsaturated/α-hetero) is 2. The zero-order chi connectivity index (χ0) is 71.2. The molecule has 0 unspecified atom stereocenters. The molecular formula is C80H111N3O12Si3. The standard InChI is InChI=1S/C80H111N3O12Si3/c1-55(45-46-69(85)58(4)75(95-96(17,18)78(6,7)8)56(2)47-48-92-97(79(9,10)11,62-35-23-19-24-36-62)63-37-25-20-26-38-63)71(88-16)51-72-59(5)70(87-15)43-32-44-73-81-67(53-89-73)76-83-68(54-91-76)77-82-66(52-90-77)57(3)49-60(84)33-31-34-61(50-74(86)93-72)94-98(80(12,13)14,64-39-27-21-28-40-64)65-41-29-22-30-42-65/h19-30,32,35-42,44,52-59,61,70-72,75H,31,33-34,43,45-51H2,1-18H3/b44-32+/t55-,56+,57-,58-,59+,61-,70-,71-,72-,75+/m0/s1. The molecule has 0 aliphatic carbocycles. The van der Waals surface area contributed by atoms with E-state index in [9.17, 15) is 4.79 Å². The van der Waals surface area contributed by atoms with E-state index in [0.717, 1.165) is 10.4 Å². The normalized spacial score (nSPS) is 20.4. The number of carbonyl (C=O) groups excluding carboxylic acids is 3. The van der Waals surface area contributed by atoms with Crippen LogP contribution in [-0.4, -0.2) is 109 Å². The number of fused-ring (bicyclic) bond motifs is 8.